The summed E-state index contributed by atoms with van der Waals surface area (Å²) >= 11 is 0. The molecule has 3 nitrogen and oxygen atoms in total. The Labute approximate surface area is 164 Å². The van der Waals surface area contributed by atoms with E-state index in [1.165, 1.54) is 0 Å². The van der Waals surface area contributed by atoms with Gasteiger partial charge < -0.3 is 0 Å². The van der Waals surface area contributed by atoms with E-state index in [-0.39, 0.29) is 11.5 Å². The zero-order valence-corrected chi connectivity index (χ0v) is 18.2. The van der Waals surface area contributed by atoms with Crippen molar-refractivity contribution >= 4 is 18.2 Å². The lowest BCUT2D eigenvalue weighted by Crippen LogP contribution is -2.22. The summed E-state index contributed by atoms with van der Waals surface area (Å²) in [6, 6.07) is 17.9. The molecule has 0 spiro atoms. The van der Waals surface area contributed by atoms with Crippen LogP contribution in [0.2, 0.25) is 19.1 Å². The van der Waals surface area contributed by atoms with Crippen LogP contribution >= 0.6 is 0 Å². The Morgan fingerprint density at radius 2 is 1.59 bits per heavy atom. The highest BCUT2D eigenvalue weighted by molar-refractivity contribution is 7.86. The number of unbranched alkanes of at least 4 members (excludes halogenated alkanes) is 2. The van der Waals surface area contributed by atoms with E-state index in [2.05, 4.69) is 24.6 Å². The van der Waals surface area contributed by atoms with Crippen LogP contribution < -0.4 is 0 Å². The highest BCUT2D eigenvalue weighted by Gasteiger charge is 2.18. The Morgan fingerprint density at radius 3 is 2.26 bits per heavy atom. The van der Waals surface area contributed by atoms with Crippen molar-refractivity contribution in [3.63, 3.8) is 0 Å². The molecule has 2 aromatic rings. The fourth-order valence-electron chi connectivity index (χ4n) is 2.61. The molecule has 0 unspecified atom stereocenters. The third-order valence-corrected chi connectivity index (χ3v) is 8.05. The van der Waals surface area contributed by atoms with Gasteiger partial charge >= 0.3 is 0 Å². The normalized spacial score (nSPS) is 11.7. The third-order valence-electron chi connectivity index (χ3n) is 4.31. The van der Waals surface area contributed by atoms with Gasteiger partial charge in [-0.25, -0.2) is 0 Å². The maximum Gasteiger partial charge on any atom is 0.296 e. The van der Waals surface area contributed by atoms with Gasteiger partial charge in [0, 0.05) is 5.56 Å². The van der Waals surface area contributed by atoms with Gasteiger partial charge in [0.15, 0.2) is 0 Å². The molecule has 0 amide bonds. The van der Waals surface area contributed by atoms with Gasteiger partial charge in [-0.05, 0) is 43.7 Å². The van der Waals surface area contributed by atoms with Crippen molar-refractivity contribution in [1.29, 1.82) is 0 Å². The molecule has 5 heteroatoms. The monoisotopic (exact) mass is 400 g/mol. The van der Waals surface area contributed by atoms with Crippen LogP contribution in [0.5, 0.6) is 0 Å². The van der Waals surface area contributed by atoms with E-state index < -0.39 is 18.2 Å². The summed E-state index contributed by atoms with van der Waals surface area (Å²) in [6.07, 6.45) is 2.74. The van der Waals surface area contributed by atoms with E-state index in [1.54, 1.807) is 24.3 Å². The average molecular weight is 401 g/mol. The summed E-state index contributed by atoms with van der Waals surface area (Å²) in [5, 5.41) is 0. The van der Waals surface area contributed by atoms with Crippen LogP contribution in [0.4, 0.5) is 0 Å². The molecule has 2 rings (SSSR count). The lowest BCUT2D eigenvalue weighted by atomic mass is 10.2. The van der Waals surface area contributed by atoms with Crippen molar-refractivity contribution < 1.29 is 12.6 Å². The second kappa shape index (κ2) is 9.89. The molecule has 0 saturated carbocycles. The van der Waals surface area contributed by atoms with E-state index in [4.69, 9.17) is 4.18 Å². The van der Waals surface area contributed by atoms with Crippen molar-refractivity contribution in [1.82, 2.24) is 0 Å². The van der Waals surface area contributed by atoms with Gasteiger partial charge in [0.1, 0.15) is 8.07 Å². The van der Waals surface area contributed by atoms with E-state index >= 15 is 0 Å². The van der Waals surface area contributed by atoms with Gasteiger partial charge in [0.25, 0.3) is 10.1 Å². The second-order valence-electron chi connectivity index (χ2n) is 7.40. The molecule has 0 aliphatic carbocycles. The van der Waals surface area contributed by atoms with Crippen LogP contribution in [-0.2, 0) is 14.3 Å². The Hall–Kier alpha value is -1.87. The summed E-state index contributed by atoms with van der Waals surface area (Å²) in [4.78, 5) is 0.220. The molecule has 0 aliphatic heterocycles. The Morgan fingerprint density at radius 1 is 0.926 bits per heavy atom. The molecule has 0 N–H and O–H groups in total. The van der Waals surface area contributed by atoms with E-state index in [9.17, 15) is 8.42 Å². The molecule has 27 heavy (non-hydrogen) atoms. The van der Waals surface area contributed by atoms with E-state index in [1.807, 2.05) is 37.3 Å². The lowest BCUT2D eigenvalue weighted by molar-refractivity contribution is 0.308. The topological polar surface area (TPSA) is 43.4 Å². The predicted octanol–water partition coefficient (Wildman–Crippen LogP) is 5.17. The van der Waals surface area contributed by atoms with Crippen molar-refractivity contribution in [2.24, 2.45) is 0 Å². The molecule has 0 aromatic heterocycles. The molecule has 0 atom stereocenters. The van der Waals surface area contributed by atoms with Gasteiger partial charge in [0.05, 0.1) is 11.5 Å². The van der Waals surface area contributed by atoms with Gasteiger partial charge in [-0.1, -0.05) is 67.8 Å². The molecular formula is C22H28O3SSi. The smallest absolute Gasteiger partial charge is 0.266 e. The molecular weight excluding hydrogens is 372 g/mol. The molecule has 0 bridgehead atoms. The standard InChI is InChI=1S/C22H28O3SSi/c1-20-12-14-22(15-13-20)26(23,24)25-17-8-5-9-18-27(2,3)19-16-21-10-6-4-7-11-21/h4,6-7,10-15H,5,8-9,17-18H2,1-3H3. The first-order valence-corrected chi connectivity index (χ1v) is 13.9. The average Bonchev–Trinajstić information content (AvgIpc) is 2.64. The summed E-state index contributed by atoms with van der Waals surface area (Å²) in [6.45, 7) is 6.71. The van der Waals surface area contributed by atoms with E-state index in [0.717, 1.165) is 36.4 Å². The first kappa shape index (κ1) is 21.4. The molecule has 0 aliphatic rings. The van der Waals surface area contributed by atoms with Crippen LogP contribution in [0.15, 0.2) is 59.5 Å². The number of hydrogen-bond donors (Lipinski definition) is 0. The summed E-state index contributed by atoms with van der Waals surface area (Å²) in [7, 11) is -5.21. The minimum Gasteiger partial charge on any atom is -0.266 e. The fourth-order valence-corrected chi connectivity index (χ4v) is 5.30. The fraction of sp³-hybridized carbons (Fsp3) is 0.364. The molecule has 0 radical (unpaired) electrons. The first-order chi connectivity index (χ1) is 12.8. The number of rotatable bonds is 8. The lowest BCUT2D eigenvalue weighted by Gasteiger charge is -2.14. The zero-order chi connectivity index (χ0) is 19.8. The van der Waals surface area contributed by atoms with Crippen molar-refractivity contribution in [2.75, 3.05) is 6.61 Å². The van der Waals surface area contributed by atoms with Gasteiger partial charge in [-0.15, -0.1) is 5.54 Å². The van der Waals surface area contributed by atoms with Crippen molar-refractivity contribution in [2.45, 2.75) is 50.2 Å². The van der Waals surface area contributed by atoms with Crippen LogP contribution in [0.3, 0.4) is 0 Å². The van der Waals surface area contributed by atoms with Gasteiger partial charge in [-0.2, -0.15) is 8.42 Å². The first-order valence-electron chi connectivity index (χ1n) is 9.33. The summed E-state index contributed by atoms with van der Waals surface area (Å²) in [5.41, 5.74) is 5.57. The SMILES string of the molecule is Cc1ccc(S(=O)(=O)OCCCCC[Si](C)(C)C#Cc2ccccc2)cc1. The maximum atomic E-state index is 12.1. The van der Waals surface area contributed by atoms with Crippen LogP contribution in [0, 0.1) is 18.4 Å². The number of benzene rings is 2. The van der Waals surface area contributed by atoms with Crippen LogP contribution in [0.1, 0.15) is 30.4 Å². The summed E-state index contributed by atoms with van der Waals surface area (Å²) < 4.78 is 29.4. The summed E-state index contributed by atoms with van der Waals surface area (Å²) in [5.74, 6) is 3.29. The predicted molar refractivity (Wildman–Crippen MR) is 114 cm³/mol. The van der Waals surface area contributed by atoms with Gasteiger partial charge in [-0.3, -0.25) is 4.18 Å². The maximum absolute atomic E-state index is 12.1. The Bertz CT molecular complexity index is 877. The van der Waals surface area contributed by atoms with Crippen molar-refractivity contribution in [3.8, 4) is 11.5 Å². The van der Waals surface area contributed by atoms with Crippen molar-refractivity contribution in [3.05, 3.63) is 65.7 Å². The molecule has 0 heterocycles. The van der Waals surface area contributed by atoms with Crippen LogP contribution in [0.25, 0.3) is 0 Å². The van der Waals surface area contributed by atoms with Crippen LogP contribution in [-0.4, -0.2) is 23.1 Å². The Kier molecular flexibility index (Phi) is 7.85. The third kappa shape index (κ3) is 7.72. The molecule has 0 fully saturated rings. The highest BCUT2D eigenvalue weighted by atomic mass is 32.2. The quantitative estimate of drug-likeness (QED) is 0.266. The number of aryl methyl sites for hydroxylation is 1. The zero-order valence-electron chi connectivity index (χ0n) is 16.4. The second-order valence-corrected chi connectivity index (χ2v) is 13.5. The minimum atomic E-state index is -3.65. The van der Waals surface area contributed by atoms with E-state index in [0.29, 0.717) is 0 Å². The Balaban J connectivity index is 1.71. The molecule has 144 valence electrons. The van der Waals surface area contributed by atoms with Gasteiger partial charge in [0.2, 0.25) is 0 Å². The largest absolute Gasteiger partial charge is 0.296 e. The highest BCUT2D eigenvalue weighted by Crippen LogP contribution is 2.16. The molecule has 2 aromatic carbocycles. The minimum absolute atomic E-state index is 0.220. The number of hydrogen-bond acceptors (Lipinski definition) is 3. The molecule has 0 saturated heterocycles.